The highest BCUT2D eigenvalue weighted by Crippen LogP contribution is 2.26. The number of hydrogen-bond donors (Lipinski definition) is 1. The second-order valence-corrected chi connectivity index (χ2v) is 4.81. The van der Waals surface area contributed by atoms with Gasteiger partial charge in [-0.2, -0.15) is 0 Å². The van der Waals surface area contributed by atoms with Crippen LogP contribution >= 0.6 is 0 Å². The molecule has 0 aliphatic carbocycles. The first kappa shape index (κ1) is 12.3. The lowest BCUT2D eigenvalue weighted by atomic mass is 9.87. The normalized spacial score (nSPS) is 13.1. The SMILES string of the molecule is Cc1ccc(C(CCN)CC(C)C)cc1. The first-order chi connectivity index (χ1) is 7.13. The number of hydrogen-bond acceptors (Lipinski definition) is 1. The van der Waals surface area contributed by atoms with E-state index >= 15 is 0 Å². The molecule has 1 aromatic rings. The van der Waals surface area contributed by atoms with Gasteiger partial charge in [0.1, 0.15) is 0 Å². The third-order valence-corrected chi connectivity index (χ3v) is 2.82. The van der Waals surface area contributed by atoms with Crippen molar-refractivity contribution in [1.82, 2.24) is 0 Å². The molecule has 1 rings (SSSR count). The number of benzene rings is 1. The molecule has 0 aliphatic heterocycles. The summed E-state index contributed by atoms with van der Waals surface area (Å²) in [6.07, 6.45) is 2.33. The highest BCUT2D eigenvalue weighted by atomic mass is 14.5. The van der Waals surface area contributed by atoms with Crippen LogP contribution in [0.15, 0.2) is 24.3 Å². The Bertz CT molecular complexity index is 274. The minimum atomic E-state index is 0.635. The number of nitrogens with two attached hydrogens (primary N) is 1. The van der Waals surface area contributed by atoms with Crippen molar-refractivity contribution in [3.8, 4) is 0 Å². The fraction of sp³-hybridized carbons (Fsp3) is 0.571. The van der Waals surface area contributed by atoms with Crippen LogP contribution in [0.1, 0.15) is 43.7 Å². The summed E-state index contributed by atoms with van der Waals surface area (Å²) in [5.41, 5.74) is 8.45. The first-order valence-corrected chi connectivity index (χ1v) is 5.90. The monoisotopic (exact) mass is 205 g/mol. The Morgan fingerprint density at radius 2 is 1.73 bits per heavy atom. The van der Waals surface area contributed by atoms with Crippen LogP contribution in [0.25, 0.3) is 0 Å². The second kappa shape index (κ2) is 5.92. The highest BCUT2D eigenvalue weighted by molar-refractivity contribution is 5.24. The summed E-state index contributed by atoms with van der Waals surface area (Å²) in [7, 11) is 0. The Morgan fingerprint density at radius 1 is 1.13 bits per heavy atom. The summed E-state index contributed by atoms with van der Waals surface area (Å²) in [4.78, 5) is 0. The lowest BCUT2D eigenvalue weighted by molar-refractivity contribution is 0.480. The van der Waals surface area contributed by atoms with E-state index in [4.69, 9.17) is 5.73 Å². The van der Waals surface area contributed by atoms with Gasteiger partial charge in [0.15, 0.2) is 0 Å². The van der Waals surface area contributed by atoms with Gasteiger partial charge in [-0.1, -0.05) is 43.7 Å². The predicted octanol–water partition coefficient (Wildman–Crippen LogP) is 3.47. The molecule has 1 unspecified atom stereocenters. The fourth-order valence-electron chi connectivity index (χ4n) is 2.03. The summed E-state index contributed by atoms with van der Waals surface area (Å²) >= 11 is 0. The Hall–Kier alpha value is -0.820. The predicted molar refractivity (Wildman–Crippen MR) is 67.0 cm³/mol. The Kier molecular flexibility index (Phi) is 4.83. The Morgan fingerprint density at radius 3 is 2.20 bits per heavy atom. The molecule has 0 bridgehead atoms. The van der Waals surface area contributed by atoms with Crippen molar-refractivity contribution >= 4 is 0 Å². The van der Waals surface area contributed by atoms with Crippen molar-refractivity contribution in [2.75, 3.05) is 6.54 Å². The van der Waals surface area contributed by atoms with Gasteiger partial charge in [0.05, 0.1) is 0 Å². The van der Waals surface area contributed by atoms with Crippen LogP contribution in [0.2, 0.25) is 0 Å². The van der Waals surface area contributed by atoms with Gasteiger partial charge in [0.25, 0.3) is 0 Å². The Balaban J connectivity index is 2.74. The molecule has 15 heavy (non-hydrogen) atoms. The molecule has 0 saturated carbocycles. The van der Waals surface area contributed by atoms with Crippen LogP contribution < -0.4 is 5.73 Å². The van der Waals surface area contributed by atoms with E-state index in [0.717, 1.165) is 18.9 Å². The summed E-state index contributed by atoms with van der Waals surface area (Å²) < 4.78 is 0. The summed E-state index contributed by atoms with van der Waals surface area (Å²) in [6, 6.07) is 8.88. The smallest absolute Gasteiger partial charge is 0.00714 e. The van der Waals surface area contributed by atoms with Gasteiger partial charge in [-0.3, -0.25) is 0 Å². The average Bonchev–Trinajstić information content (AvgIpc) is 2.17. The van der Waals surface area contributed by atoms with Crippen molar-refractivity contribution in [3.05, 3.63) is 35.4 Å². The van der Waals surface area contributed by atoms with E-state index in [1.807, 2.05) is 0 Å². The van der Waals surface area contributed by atoms with E-state index < -0.39 is 0 Å². The fourth-order valence-corrected chi connectivity index (χ4v) is 2.03. The van der Waals surface area contributed by atoms with Crippen LogP contribution in [0.4, 0.5) is 0 Å². The van der Waals surface area contributed by atoms with Gasteiger partial charge in [0.2, 0.25) is 0 Å². The molecule has 1 atom stereocenters. The van der Waals surface area contributed by atoms with Crippen LogP contribution in [-0.4, -0.2) is 6.54 Å². The molecule has 0 fully saturated rings. The molecule has 84 valence electrons. The minimum absolute atomic E-state index is 0.635. The molecule has 1 aromatic carbocycles. The zero-order chi connectivity index (χ0) is 11.3. The second-order valence-electron chi connectivity index (χ2n) is 4.81. The molecular formula is C14H23N. The molecule has 0 spiro atoms. The van der Waals surface area contributed by atoms with Crippen molar-refractivity contribution in [3.63, 3.8) is 0 Å². The van der Waals surface area contributed by atoms with Crippen molar-refractivity contribution in [2.24, 2.45) is 11.7 Å². The molecule has 1 nitrogen and oxygen atoms in total. The van der Waals surface area contributed by atoms with Crippen LogP contribution in [0, 0.1) is 12.8 Å². The zero-order valence-electron chi connectivity index (χ0n) is 10.2. The average molecular weight is 205 g/mol. The van der Waals surface area contributed by atoms with E-state index in [0.29, 0.717) is 5.92 Å². The third-order valence-electron chi connectivity index (χ3n) is 2.82. The van der Waals surface area contributed by atoms with E-state index in [-0.39, 0.29) is 0 Å². The topological polar surface area (TPSA) is 26.0 Å². The van der Waals surface area contributed by atoms with Crippen LogP contribution in [-0.2, 0) is 0 Å². The maximum Gasteiger partial charge on any atom is -0.00714 e. The van der Waals surface area contributed by atoms with Gasteiger partial charge in [-0.25, -0.2) is 0 Å². The van der Waals surface area contributed by atoms with Gasteiger partial charge >= 0.3 is 0 Å². The number of aryl methyl sites for hydroxylation is 1. The van der Waals surface area contributed by atoms with Crippen molar-refractivity contribution in [1.29, 1.82) is 0 Å². The zero-order valence-corrected chi connectivity index (χ0v) is 10.2. The maximum absolute atomic E-state index is 5.67. The van der Waals surface area contributed by atoms with Crippen LogP contribution in [0.5, 0.6) is 0 Å². The minimum Gasteiger partial charge on any atom is -0.330 e. The molecule has 1 heteroatoms. The summed E-state index contributed by atoms with van der Waals surface area (Å²) in [5.74, 6) is 1.37. The molecule has 0 radical (unpaired) electrons. The number of rotatable bonds is 5. The molecule has 0 saturated heterocycles. The molecular weight excluding hydrogens is 182 g/mol. The van der Waals surface area contributed by atoms with Gasteiger partial charge in [-0.15, -0.1) is 0 Å². The molecule has 0 amide bonds. The third kappa shape index (κ3) is 4.05. The molecule has 2 N–H and O–H groups in total. The molecule has 0 heterocycles. The van der Waals surface area contributed by atoms with E-state index in [1.165, 1.54) is 17.5 Å². The maximum atomic E-state index is 5.67. The first-order valence-electron chi connectivity index (χ1n) is 5.90. The van der Waals surface area contributed by atoms with Crippen molar-refractivity contribution < 1.29 is 0 Å². The van der Waals surface area contributed by atoms with E-state index in [2.05, 4.69) is 45.0 Å². The Labute approximate surface area is 93.7 Å². The standard InChI is InChI=1S/C14H23N/c1-11(2)10-14(8-9-15)13-6-4-12(3)5-7-13/h4-7,11,14H,8-10,15H2,1-3H3. The van der Waals surface area contributed by atoms with Gasteiger partial charge in [-0.05, 0) is 43.7 Å². The molecule has 0 aromatic heterocycles. The van der Waals surface area contributed by atoms with Crippen molar-refractivity contribution in [2.45, 2.75) is 39.5 Å². The quantitative estimate of drug-likeness (QED) is 0.782. The van der Waals surface area contributed by atoms with E-state index in [1.54, 1.807) is 0 Å². The summed E-state index contributed by atoms with van der Waals surface area (Å²) in [5, 5.41) is 0. The van der Waals surface area contributed by atoms with Gasteiger partial charge in [0, 0.05) is 0 Å². The van der Waals surface area contributed by atoms with Crippen LogP contribution in [0.3, 0.4) is 0 Å². The lowest BCUT2D eigenvalue weighted by Gasteiger charge is -2.18. The van der Waals surface area contributed by atoms with E-state index in [9.17, 15) is 0 Å². The molecule has 0 aliphatic rings. The van der Waals surface area contributed by atoms with Gasteiger partial charge < -0.3 is 5.73 Å². The summed E-state index contributed by atoms with van der Waals surface area (Å²) in [6.45, 7) is 7.46. The highest BCUT2D eigenvalue weighted by Gasteiger charge is 2.12. The lowest BCUT2D eigenvalue weighted by Crippen LogP contribution is -2.09. The largest absolute Gasteiger partial charge is 0.330 e.